The molecule has 4 aromatic heterocycles. The number of nitrogens with zero attached hydrogens (tertiary/aromatic N) is 8. The average molecular weight is 716 g/mol. The Hall–Kier alpha value is -4.94. The van der Waals surface area contributed by atoms with Crippen LogP contribution < -0.4 is 10.9 Å². The maximum atomic E-state index is 14.3. The lowest BCUT2D eigenvalue weighted by Crippen LogP contribution is -2.52. The van der Waals surface area contributed by atoms with E-state index in [-0.39, 0.29) is 78.9 Å². The van der Waals surface area contributed by atoms with Crippen molar-refractivity contribution < 1.29 is 37.3 Å². The zero-order valence-corrected chi connectivity index (χ0v) is 27.2. The Kier molecular flexibility index (Phi) is 8.55. The third-order valence-electron chi connectivity index (χ3n) is 9.06. The summed E-state index contributed by atoms with van der Waals surface area (Å²) < 4.78 is 53.8. The van der Waals surface area contributed by atoms with Crippen molar-refractivity contribution in [2.24, 2.45) is 0 Å². The molecule has 0 bridgehead atoms. The Bertz CT molecular complexity index is 2130. The number of aryl methyl sites for hydroxylation is 1. The van der Waals surface area contributed by atoms with Gasteiger partial charge in [-0.25, -0.2) is 15.0 Å². The summed E-state index contributed by atoms with van der Waals surface area (Å²) in [4.78, 5) is 58.5. The number of nitrogens with one attached hydrogen (secondary N) is 1. The fourth-order valence-corrected chi connectivity index (χ4v) is 6.72. The highest BCUT2D eigenvalue weighted by molar-refractivity contribution is 6.32. The Morgan fingerprint density at radius 2 is 1.90 bits per heavy atom. The fourth-order valence-electron chi connectivity index (χ4n) is 6.52. The third-order valence-corrected chi connectivity index (χ3v) is 9.34. The average Bonchev–Trinajstić information content (AvgIpc) is 3.55. The molecule has 1 spiro atoms. The molecule has 0 radical (unpaired) electrons. The van der Waals surface area contributed by atoms with Gasteiger partial charge in [0.25, 0.3) is 11.5 Å². The van der Waals surface area contributed by atoms with Crippen molar-refractivity contribution in [2.75, 3.05) is 38.2 Å². The highest BCUT2D eigenvalue weighted by Crippen LogP contribution is 2.41. The molecule has 0 unspecified atom stereocenters. The first-order valence-electron chi connectivity index (χ1n) is 15.6. The number of likely N-dealkylation sites (tertiary alicyclic amines) is 1. The Labute approximate surface area is 285 Å². The fraction of sp³-hybridized carbons (Fsp3) is 0.419. The van der Waals surface area contributed by atoms with Gasteiger partial charge in [0.15, 0.2) is 22.4 Å². The van der Waals surface area contributed by atoms with E-state index in [0.29, 0.717) is 31.4 Å². The molecule has 7 rings (SSSR count). The molecule has 0 aliphatic carbocycles. The SMILES string of the molecule is Cc1ncnc(C(=O)N2CCC3(CC2)OCCc2c3c(=O)n3nc(C4=CCOCC4)nc3n2CC(=O)Nc2ccc(C(F)(F)F)nc2Cl)c1O. The molecule has 15 nitrogen and oxygen atoms in total. The summed E-state index contributed by atoms with van der Waals surface area (Å²) in [5, 5.41) is 16.9. The van der Waals surface area contributed by atoms with Crippen molar-refractivity contribution in [3.63, 3.8) is 0 Å². The molecule has 1 saturated heterocycles. The molecule has 2 amide bonds. The molecule has 262 valence electrons. The molecule has 4 aromatic rings. The predicted molar refractivity (Wildman–Crippen MR) is 168 cm³/mol. The number of carbonyl (C=O) groups excluding carboxylic acids is 2. The van der Waals surface area contributed by atoms with Gasteiger partial charge < -0.3 is 29.4 Å². The van der Waals surface area contributed by atoms with Crippen molar-refractivity contribution >= 4 is 40.5 Å². The molecule has 3 aliphatic rings. The lowest BCUT2D eigenvalue weighted by Gasteiger charge is -2.44. The van der Waals surface area contributed by atoms with Crippen LogP contribution in [0.25, 0.3) is 11.4 Å². The molecular weight excluding hydrogens is 687 g/mol. The maximum Gasteiger partial charge on any atom is 0.433 e. The number of hydrogen-bond acceptors (Lipinski definition) is 11. The molecule has 19 heteroatoms. The van der Waals surface area contributed by atoms with Crippen molar-refractivity contribution in [3.05, 3.63) is 74.2 Å². The van der Waals surface area contributed by atoms with Crippen LogP contribution >= 0.6 is 11.6 Å². The highest BCUT2D eigenvalue weighted by atomic mass is 35.5. The number of piperidine rings is 1. The van der Waals surface area contributed by atoms with Gasteiger partial charge in [-0.2, -0.15) is 22.7 Å². The Morgan fingerprint density at radius 1 is 1.12 bits per heavy atom. The first-order chi connectivity index (χ1) is 23.9. The second-order valence-corrected chi connectivity index (χ2v) is 12.4. The van der Waals surface area contributed by atoms with Gasteiger partial charge in [0, 0.05) is 25.2 Å². The number of ether oxygens (including phenoxy) is 2. The van der Waals surface area contributed by atoms with E-state index in [9.17, 15) is 32.7 Å². The van der Waals surface area contributed by atoms with Gasteiger partial charge in [-0.05, 0) is 43.9 Å². The van der Waals surface area contributed by atoms with Crippen LogP contribution in [0.2, 0.25) is 5.15 Å². The maximum absolute atomic E-state index is 14.3. The van der Waals surface area contributed by atoms with Gasteiger partial charge in [0.05, 0.1) is 36.8 Å². The summed E-state index contributed by atoms with van der Waals surface area (Å²) in [6.45, 7) is 2.43. The summed E-state index contributed by atoms with van der Waals surface area (Å²) in [5.74, 6) is -1.10. The first-order valence-corrected chi connectivity index (χ1v) is 16.0. The number of pyridine rings is 1. The quantitative estimate of drug-likeness (QED) is 0.290. The number of alkyl halides is 3. The van der Waals surface area contributed by atoms with Gasteiger partial charge >= 0.3 is 6.18 Å². The van der Waals surface area contributed by atoms with E-state index in [1.165, 1.54) is 11.2 Å². The lowest BCUT2D eigenvalue weighted by molar-refractivity contribution is -0.141. The molecule has 1 fully saturated rings. The molecular formula is C31H29ClF3N9O6. The molecule has 2 N–H and O–H groups in total. The van der Waals surface area contributed by atoms with E-state index in [1.807, 2.05) is 6.08 Å². The second kappa shape index (κ2) is 12.7. The monoisotopic (exact) mass is 715 g/mol. The van der Waals surface area contributed by atoms with E-state index < -0.39 is 46.5 Å². The van der Waals surface area contributed by atoms with Crippen LogP contribution in [0.5, 0.6) is 5.75 Å². The van der Waals surface area contributed by atoms with Crippen LogP contribution in [0, 0.1) is 6.92 Å². The minimum atomic E-state index is -4.73. The lowest BCUT2D eigenvalue weighted by atomic mass is 9.81. The summed E-state index contributed by atoms with van der Waals surface area (Å²) in [6.07, 6.45) is -0.565. The van der Waals surface area contributed by atoms with Crippen LogP contribution in [-0.4, -0.2) is 88.8 Å². The summed E-state index contributed by atoms with van der Waals surface area (Å²) in [5.41, 5.74) is -1.35. The van der Waals surface area contributed by atoms with Crippen LogP contribution in [0.1, 0.15) is 58.2 Å². The number of aromatic hydroxyl groups is 1. The van der Waals surface area contributed by atoms with E-state index in [2.05, 4.69) is 30.4 Å². The summed E-state index contributed by atoms with van der Waals surface area (Å²) in [7, 11) is 0. The predicted octanol–water partition coefficient (Wildman–Crippen LogP) is 2.91. The molecule has 50 heavy (non-hydrogen) atoms. The van der Waals surface area contributed by atoms with Crippen LogP contribution in [-0.2, 0) is 39.0 Å². The van der Waals surface area contributed by atoms with E-state index in [1.54, 1.807) is 11.5 Å². The number of rotatable bonds is 5. The van der Waals surface area contributed by atoms with Crippen molar-refractivity contribution in [3.8, 4) is 5.75 Å². The number of hydrogen-bond donors (Lipinski definition) is 2. The second-order valence-electron chi connectivity index (χ2n) is 12.0. The topological polar surface area (TPSA) is 179 Å². The van der Waals surface area contributed by atoms with Crippen LogP contribution in [0.15, 0.2) is 29.3 Å². The van der Waals surface area contributed by atoms with Crippen LogP contribution in [0.4, 0.5) is 18.9 Å². The minimum Gasteiger partial charge on any atom is -0.504 e. The summed E-state index contributed by atoms with van der Waals surface area (Å²) >= 11 is 6.01. The van der Waals surface area contributed by atoms with E-state index in [4.69, 9.17) is 21.1 Å². The highest BCUT2D eigenvalue weighted by Gasteiger charge is 2.46. The number of amides is 2. The van der Waals surface area contributed by atoms with Gasteiger partial charge in [0.2, 0.25) is 11.7 Å². The zero-order chi connectivity index (χ0) is 35.4. The third kappa shape index (κ3) is 5.96. The molecule has 7 heterocycles. The van der Waals surface area contributed by atoms with Gasteiger partial charge in [-0.3, -0.25) is 14.4 Å². The minimum absolute atomic E-state index is 0.0854. The zero-order valence-electron chi connectivity index (χ0n) is 26.5. The molecule has 0 aromatic carbocycles. The van der Waals surface area contributed by atoms with E-state index in [0.717, 1.165) is 16.2 Å². The summed E-state index contributed by atoms with van der Waals surface area (Å²) in [6, 6.07) is 1.72. The number of anilines is 1. The van der Waals surface area contributed by atoms with Gasteiger partial charge in [-0.15, -0.1) is 5.10 Å². The van der Waals surface area contributed by atoms with Gasteiger partial charge in [0.1, 0.15) is 24.2 Å². The van der Waals surface area contributed by atoms with Gasteiger partial charge in [-0.1, -0.05) is 17.7 Å². The van der Waals surface area contributed by atoms with Crippen molar-refractivity contribution in [1.29, 1.82) is 0 Å². The van der Waals surface area contributed by atoms with Crippen molar-refractivity contribution in [1.82, 2.24) is 39.0 Å². The number of aromatic nitrogens is 7. The number of fused-ring (bicyclic) bond motifs is 3. The molecule has 0 atom stereocenters. The Balaban J connectivity index is 1.26. The number of carbonyl (C=O) groups is 2. The van der Waals surface area contributed by atoms with Crippen LogP contribution in [0.3, 0.4) is 0 Å². The largest absolute Gasteiger partial charge is 0.504 e. The van der Waals surface area contributed by atoms with E-state index >= 15 is 0 Å². The smallest absolute Gasteiger partial charge is 0.433 e. The normalized spacial score (nSPS) is 17.5. The first kappa shape index (κ1) is 33.6. The molecule has 3 aliphatic heterocycles. The van der Waals surface area contributed by atoms with Crippen molar-refractivity contribution in [2.45, 2.75) is 50.9 Å². The standard InChI is InChI=1S/C31H29ClF3N9O6/c1-16-24(46)23(37-15-36-16)28(48)42-9-7-30(8-10-42)22-19(6-13-50-30)43(14-21(45)38-18-2-3-20(31(33,34)35)39-25(18)32)29-40-26(41-44(29)27(22)47)17-4-11-49-12-5-17/h2-4,15,46H,5-14H2,1H3,(H,38,45). The number of halogens is 4. The Morgan fingerprint density at radius 3 is 2.60 bits per heavy atom. The molecule has 0 saturated carbocycles.